The maximum absolute atomic E-state index is 11.0. The fourth-order valence-electron chi connectivity index (χ4n) is 3.12. The molecule has 0 bridgehead atoms. The van der Waals surface area contributed by atoms with E-state index >= 15 is 0 Å². The van der Waals surface area contributed by atoms with Crippen LogP contribution in [0.15, 0.2) is 48.5 Å². The van der Waals surface area contributed by atoms with Crippen molar-refractivity contribution in [2.45, 2.75) is 12.5 Å². The zero-order chi connectivity index (χ0) is 20.5. The van der Waals surface area contributed by atoms with Crippen LogP contribution < -0.4 is 14.4 Å². The third-order valence-electron chi connectivity index (χ3n) is 4.72. The molecule has 29 heavy (non-hydrogen) atoms. The van der Waals surface area contributed by atoms with Gasteiger partial charge in [-0.3, -0.25) is 0 Å². The van der Waals surface area contributed by atoms with Gasteiger partial charge in [0.05, 0.1) is 13.2 Å². The summed E-state index contributed by atoms with van der Waals surface area (Å²) in [6, 6.07) is 15.4. The van der Waals surface area contributed by atoms with Crippen molar-refractivity contribution in [3.05, 3.63) is 54.1 Å². The third-order valence-corrected chi connectivity index (χ3v) is 4.72. The highest BCUT2D eigenvalue weighted by molar-refractivity contribution is 5.72. The van der Waals surface area contributed by atoms with E-state index in [0.717, 1.165) is 43.3 Å². The molecule has 0 spiro atoms. The Hall–Kier alpha value is -2.77. The number of ether oxygens (including phenoxy) is 4. The first-order valence-electron chi connectivity index (χ1n) is 9.68. The van der Waals surface area contributed by atoms with Crippen molar-refractivity contribution >= 4 is 11.7 Å². The molecule has 0 saturated carbocycles. The third kappa shape index (κ3) is 6.37. The fourth-order valence-corrected chi connectivity index (χ4v) is 3.12. The highest BCUT2D eigenvalue weighted by Crippen LogP contribution is 2.22. The highest BCUT2D eigenvalue weighted by atomic mass is 16.5. The minimum absolute atomic E-state index is 0.314. The number of hydrogen-bond donors (Lipinski definition) is 1. The fraction of sp³-hybridized carbons (Fsp3) is 0.409. The number of aliphatic carboxylic acids is 1. The zero-order valence-corrected chi connectivity index (χ0v) is 16.6. The van der Waals surface area contributed by atoms with Crippen molar-refractivity contribution in [2.24, 2.45) is 0 Å². The SMILES string of the molecule is CO[C@@H](Cc1ccc(OCCOc2cccc(N3CCOCC3)c2)cc1)C(=O)O. The van der Waals surface area contributed by atoms with Crippen LogP contribution in [0.1, 0.15) is 5.56 Å². The molecule has 1 atom stereocenters. The lowest BCUT2D eigenvalue weighted by molar-refractivity contribution is -0.148. The second-order valence-electron chi connectivity index (χ2n) is 6.70. The largest absolute Gasteiger partial charge is 0.490 e. The summed E-state index contributed by atoms with van der Waals surface area (Å²) in [5, 5.41) is 9.05. The first kappa shape index (κ1) is 21.0. The average Bonchev–Trinajstić information content (AvgIpc) is 2.76. The number of carboxylic acid groups (broad SMARTS) is 1. The minimum Gasteiger partial charge on any atom is -0.490 e. The maximum atomic E-state index is 11.0. The molecule has 0 radical (unpaired) electrons. The van der Waals surface area contributed by atoms with Crippen molar-refractivity contribution < 1.29 is 28.8 Å². The van der Waals surface area contributed by atoms with Crippen molar-refractivity contribution in [3.63, 3.8) is 0 Å². The Morgan fingerprint density at radius 1 is 1.07 bits per heavy atom. The first-order chi connectivity index (χ1) is 14.2. The van der Waals surface area contributed by atoms with E-state index in [1.807, 2.05) is 42.5 Å². The van der Waals surface area contributed by atoms with Crippen LogP contribution in [0.4, 0.5) is 5.69 Å². The van der Waals surface area contributed by atoms with Crippen LogP contribution in [-0.2, 0) is 20.7 Å². The Morgan fingerprint density at radius 2 is 1.76 bits per heavy atom. The summed E-state index contributed by atoms with van der Waals surface area (Å²) in [4.78, 5) is 13.3. The number of hydrogen-bond acceptors (Lipinski definition) is 6. The summed E-state index contributed by atoms with van der Waals surface area (Å²) in [5.74, 6) is 0.554. The lowest BCUT2D eigenvalue weighted by Gasteiger charge is -2.29. The van der Waals surface area contributed by atoms with Gasteiger partial charge in [0, 0.05) is 38.4 Å². The van der Waals surface area contributed by atoms with Gasteiger partial charge in [0.1, 0.15) is 24.7 Å². The Kier molecular flexibility index (Phi) is 7.72. The Morgan fingerprint density at radius 3 is 2.41 bits per heavy atom. The normalized spacial score (nSPS) is 15.0. The molecule has 7 heteroatoms. The van der Waals surface area contributed by atoms with Crippen molar-refractivity contribution in [1.82, 2.24) is 0 Å². The molecule has 2 aromatic rings. The molecule has 0 amide bonds. The standard InChI is InChI=1S/C22H27NO6/c1-26-21(22(24)25)15-17-5-7-19(8-6-17)28-13-14-29-20-4-2-3-18(16-20)23-9-11-27-12-10-23/h2-8,16,21H,9-15H2,1H3,(H,24,25)/t21-/m0/s1. The quantitative estimate of drug-likeness (QED) is 0.613. The average molecular weight is 401 g/mol. The Labute approximate surface area is 170 Å². The van der Waals surface area contributed by atoms with E-state index in [1.54, 1.807) is 0 Å². The summed E-state index contributed by atoms with van der Waals surface area (Å²) in [6.45, 7) is 4.12. The van der Waals surface area contributed by atoms with E-state index in [1.165, 1.54) is 7.11 Å². The monoisotopic (exact) mass is 401 g/mol. The van der Waals surface area contributed by atoms with Crippen LogP contribution in [-0.4, -0.2) is 63.8 Å². The number of morpholine rings is 1. The maximum Gasteiger partial charge on any atom is 0.333 e. The molecule has 0 unspecified atom stereocenters. The van der Waals surface area contributed by atoms with E-state index in [-0.39, 0.29) is 0 Å². The van der Waals surface area contributed by atoms with E-state index in [9.17, 15) is 4.79 Å². The molecule has 156 valence electrons. The van der Waals surface area contributed by atoms with Gasteiger partial charge < -0.3 is 29.0 Å². The number of benzene rings is 2. The van der Waals surface area contributed by atoms with E-state index in [0.29, 0.717) is 25.4 Å². The zero-order valence-electron chi connectivity index (χ0n) is 16.6. The first-order valence-corrected chi connectivity index (χ1v) is 9.68. The van der Waals surface area contributed by atoms with Crippen molar-refractivity contribution in [3.8, 4) is 11.5 Å². The van der Waals surface area contributed by atoms with Crippen LogP contribution in [0.5, 0.6) is 11.5 Å². The van der Waals surface area contributed by atoms with Gasteiger partial charge in [-0.25, -0.2) is 4.79 Å². The summed E-state index contributed by atoms with van der Waals surface area (Å²) >= 11 is 0. The molecule has 1 aliphatic rings. The van der Waals surface area contributed by atoms with Gasteiger partial charge in [0.15, 0.2) is 6.10 Å². The van der Waals surface area contributed by atoms with Gasteiger partial charge in [0.25, 0.3) is 0 Å². The van der Waals surface area contributed by atoms with Crippen LogP contribution in [0, 0.1) is 0 Å². The van der Waals surface area contributed by atoms with E-state index in [2.05, 4.69) is 11.0 Å². The number of rotatable bonds is 10. The summed E-state index contributed by atoms with van der Waals surface area (Å²) in [7, 11) is 1.40. The Balaban J connectivity index is 1.43. The summed E-state index contributed by atoms with van der Waals surface area (Å²) < 4.78 is 21.9. The molecule has 0 aliphatic carbocycles. The molecular formula is C22H27NO6. The topological polar surface area (TPSA) is 77.5 Å². The van der Waals surface area contributed by atoms with Gasteiger partial charge >= 0.3 is 5.97 Å². The van der Waals surface area contributed by atoms with Gasteiger partial charge in [-0.15, -0.1) is 0 Å². The predicted molar refractivity (Wildman–Crippen MR) is 109 cm³/mol. The number of nitrogens with zero attached hydrogens (tertiary/aromatic N) is 1. The molecule has 1 N–H and O–H groups in total. The second kappa shape index (κ2) is 10.7. The van der Waals surface area contributed by atoms with Crippen LogP contribution in [0.2, 0.25) is 0 Å². The van der Waals surface area contributed by atoms with Gasteiger partial charge in [-0.1, -0.05) is 18.2 Å². The van der Waals surface area contributed by atoms with Gasteiger partial charge in [-0.05, 0) is 29.8 Å². The molecule has 3 rings (SSSR count). The molecule has 1 fully saturated rings. The minimum atomic E-state index is -0.970. The van der Waals surface area contributed by atoms with Crippen LogP contribution in [0.3, 0.4) is 0 Å². The van der Waals surface area contributed by atoms with Crippen LogP contribution >= 0.6 is 0 Å². The van der Waals surface area contributed by atoms with Crippen molar-refractivity contribution in [2.75, 3.05) is 51.5 Å². The molecule has 2 aromatic carbocycles. The summed E-state index contributed by atoms with van der Waals surface area (Å²) in [6.07, 6.45) is -0.530. The predicted octanol–water partition coefficient (Wildman–Crippen LogP) is 2.62. The van der Waals surface area contributed by atoms with Crippen LogP contribution in [0.25, 0.3) is 0 Å². The molecule has 1 saturated heterocycles. The highest BCUT2D eigenvalue weighted by Gasteiger charge is 2.16. The Bertz CT molecular complexity index is 773. The molecule has 1 aliphatic heterocycles. The van der Waals surface area contributed by atoms with E-state index < -0.39 is 12.1 Å². The second-order valence-corrected chi connectivity index (χ2v) is 6.70. The number of carbonyl (C=O) groups is 1. The smallest absolute Gasteiger partial charge is 0.333 e. The number of methoxy groups -OCH3 is 1. The molecule has 1 heterocycles. The van der Waals surface area contributed by atoms with Gasteiger partial charge in [0.2, 0.25) is 0 Å². The van der Waals surface area contributed by atoms with Crippen molar-refractivity contribution in [1.29, 1.82) is 0 Å². The van der Waals surface area contributed by atoms with E-state index in [4.69, 9.17) is 24.1 Å². The number of anilines is 1. The molecular weight excluding hydrogens is 374 g/mol. The molecule has 7 nitrogen and oxygen atoms in total. The number of carboxylic acids is 1. The lowest BCUT2D eigenvalue weighted by Crippen LogP contribution is -2.36. The summed E-state index contributed by atoms with van der Waals surface area (Å²) in [5.41, 5.74) is 2.01. The molecule has 0 aromatic heterocycles. The van der Waals surface area contributed by atoms with Gasteiger partial charge in [-0.2, -0.15) is 0 Å². The lowest BCUT2D eigenvalue weighted by atomic mass is 10.1.